The van der Waals surface area contributed by atoms with Crippen LogP contribution in [0.3, 0.4) is 0 Å². The predicted molar refractivity (Wildman–Crippen MR) is 231 cm³/mol. The molecule has 8 nitrogen and oxygen atoms in total. The number of thioether (sulfide) groups is 2. The fraction of sp³-hybridized carbons (Fsp3) is 0.435. The van der Waals surface area contributed by atoms with Crippen molar-refractivity contribution in [2.75, 3.05) is 10.2 Å². The zero-order chi connectivity index (χ0) is 42.0. The molecule has 1 aliphatic rings. The van der Waals surface area contributed by atoms with Crippen molar-refractivity contribution in [1.29, 1.82) is 0 Å². The molecule has 300 valence electrons. The van der Waals surface area contributed by atoms with E-state index in [1.54, 1.807) is 48.5 Å². The van der Waals surface area contributed by atoms with Crippen LogP contribution in [0.2, 0.25) is 0 Å². The summed E-state index contributed by atoms with van der Waals surface area (Å²) in [5.74, 6) is -1.15. The molecule has 1 aliphatic carbocycles. The highest BCUT2D eigenvalue weighted by Crippen LogP contribution is 2.44. The Morgan fingerprint density at radius 3 is 1.32 bits per heavy atom. The molecule has 0 bridgehead atoms. The van der Waals surface area contributed by atoms with E-state index in [2.05, 4.69) is 11.4 Å². The third kappa shape index (κ3) is 11.4. The van der Waals surface area contributed by atoms with Crippen molar-refractivity contribution < 1.29 is 29.4 Å². The molecule has 0 saturated heterocycles. The van der Waals surface area contributed by atoms with Gasteiger partial charge < -0.3 is 15.5 Å². The minimum absolute atomic E-state index is 0.183. The van der Waals surface area contributed by atoms with Crippen LogP contribution in [0.5, 0.6) is 11.5 Å². The summed E-state index contributed by atoms with van der Waals surface area (Å²) in [5.41, 5.74) is 3.12. The van der Waals surface area contributed by atoms with Crippen molar-refractivity contribution in [2.45, 2.75) is 140 Å². The van der Waals surface area contributed by atoms with Crippen LogP contribution in [0.1, 0.15) is 131 Å². The maximum absolute atomic E-state index is 14.0. The van der Waals surface area contributed by atoms with Gasteiger partial charge in [0.1, 0.15) is 11.5 Å². The number of amides is 2. The van der Waals surface area contributed by atoms with Gasteiger partial charge in [0.2, 0.25) is 22.0 Å². The molecule has 0 saturated carbocycles. The summed E-state index contributed by atoms with van der Waals surface area (Å²) in [6.07, 6.45) is 6.64. The molecule has 2 amide bonds. The number of phenolic OH excluding ortho intramolecular Hbond substituents is 2. The van der Waals surface area contributed by atoms with Gasteiger partial charge in [-0.3, -0.25) is 19.2 Å². The summed E-state index contributed by atoms with van der Waals surface area (Å²) < 4.78 is 0. The van der Waals surface area contributed by atoms with E-state index in [1.807, 2.05) is 95.2 Å². The van der Waals surface area contributed by atoms with E-state index >= 15 is 0 Å². The fourth-order valence-electron chi connectivity index (χ4n) is 6.37. The van der Waals surface area contributed by atoms with Crippen LogP contribution in [0.4, 0.5) is 11.4 Å². The highest BCUT2D eigenvalue weighted by Gasteiger charge is 2.31. The standard InChI is InChI=1S/C46H58N2O6S2/c1-43(2,3)33-22-31(23-34(41(33)53)44(4,5)6)55-39(51)26-37(49)48(30-20-18-29(19-21-30)47-28-16-14-13-15-17-28)38(50)27-40(52)56-32-24-35(45(7,8)9)42(54)36(25-32)46(10,11)12/h13-14,16,18-25,47,53-54H,15,17,26-27H2,1-12H3. The van der Waals surface area contributed by atoms with E-state index < -0.39 is 56.5 Å². The number of aromatic hydroxyl groups is 2. The Labute approximate surface area is 341 Å². The van der Waals surface area contributed by atoms with E-state index in [0.29, 0.717) is 32.0 Å². The van der Waals surface area contributed by atoms with Gasteiger partial charge in [-0.25, -0.2) is 4.90 Å². The lowest BCUT2D eigenvalue weighted by atomic mass is 9.79. The summed E-state index contributed by atoms with van der Waals surface area (Å²) >= 11 is 1.78. The second kappa shape index (κ2) is 17.1. The predicted octanol–water partition coefficient (Wildman–Crippen LogP) is 11.2. The molecule has 0 aliphatic heterocycles. The minimum atomic E-state index is -0.758. The first-order valence-electron chi connectivity index (χ1n) is 19.0. The monoisotopic (exact) mass is 798 g/mol. The first-order valence-corrected chi connectivity index (χ1v) is 20.6. The topological polar surface area (TPSA) is 124 Å². The molecule has 0 aromatic heterocycles. The third-order valence-corrected chi connectivity index (χ3v) is 11.1. The zero-order valence-electron chi connectivity index (χ0n) is 35.0. The van der Waals surface area contributed by atoms with Crippen molar-refractivity contribution in [3.63, 3.8) is 0 Å². The molecule has 0 spiro atoms. The second-order valence-corrected chi connectivity index (χ2v) is 20.8. The van der Waals surface area contributed by atoms with Crippen LogP contribution < -0.4 is 10.2 Å². The van der Waals surface area contributed by atoms with Crippen molar-refractivity contribution >= 4 is 56.9 Å². The Morgan fingerprint density at radius 1 is 0.625 bits per heavy atom. The van der Waals surface area contributed by atoms with Crippen molar-refractivity contribution in [2.24, 2.45) is 0 Å². The number of imide groups is 1. The van der Waals surface area contributed by atoms with Gasteiger partial charge >= 0.3 is 0 Å². The quantitative estimate of drug-likeness (QED) is 0.143. The molecule has 3 N–H and O–H groups in total. The van der Waals surface area contributed by atoms with Crippen LogP contribution in [0, 0.1) is 0 Å². The highest BCUT2D eigenvalue weighted by molar-refractivity contribution is 8.14. The number of hydrogen-bond donors (Lipinski definition) is 3. The van der Waals surface area contributed by atoms with Crippen molar-refractivity contribution in [1.82, 2.24) is 0 Å². The number of allylic oxidation sites excluding steroid dienone is 4. The van der Waals surface area contributed by atoms with Gasteiger partial charge in [-0.15, -0.1) is 0 Å². The lowest BCUT2D eigenvalue weighted by molar-refractivity contribution is -0.128. The van der Waals surface area contributed by atoms with Crippen molar-refractivity contribution in [3.8, 4) is 11.5 Å². The minimum Gasteiger partial charge on any atom is -0.507 e. The molecule has 0 heterocycles. The van der Waals surface area contributed by atoms with E-state index in [9.17, 15) is 29.4 Å². The highest BCUT2D eigenvalue weighted by atomic mass is 32.2. The van der Waals surface area contributed by atoms with Gasteiger partial charge in [0, 0.05) is 43.4 Å². The molecular weight excluding hydrogens is 741 g/mol. The number of benzene rings is 3. The molecule has 0 atom stereocenters. The Balaban J connectivity index is 1.63. The molecule has 4 rings (SSSR count). The molecule has 3 aromatic carbocycles. The van der Waals surface area contributed by atoms with Gasteiger partial charge in [-0.2, -0.15) is 0 Å². The van der Waals surface area contributed by atoms with Gasteiger partial charge in [-0.1, -0.05) is 119 Å². The SMILES string of the molecule is CC(C)(C)c1cc(SC(=O)CC(=O)N(C(=O)CC(=O)Sc2cc(C(C)(C)C)c(O)c(C(C)(C)C)c2)c2ccc(NC3=CC=CCC3)cc2)cc(C(C)(C)C)c1O. The molecular formula is C46H58N2O6S2. The van der Waals surface area contributed by atoms with Crippen LogP contribution in [-0.2, 0) is 40.8 Å². The molecule has 10 heteroatoms. The summed E-state index contributed by atoms with van der Waals surface area (Å²) in [6, 6.07) is 13.9. The van der Waals surface area contributed by atoms with Gasteiger partial charge in [-0.05, 0) is 89.1 Å². The largest absolute Gasteiger partial charge is 0.507 e. The lowest BCUT2D eigenvalue weighted by Gasteiger charge is -2.28. The van der Waals surface area contributed by atoms with Crippen molar-refractivity contribution in [3.05, 3.63) is 94.7 Å². The number of carbonyl (C=O) groups excluding carboxylic acids is 4. The zero-order valence-corrected chi connectivity index (χ0v) is 36.6. The normalized spacial score (nSPS) is 13.6. The average molecular weight is 799 g/mol. The number of carbonyl (C=O) groups is 4. The van der Waals surface area contributed by atoms with Crippen LogP contribution in [0.15, 0.2) is 82.2 Å². The van der Waals surface area contributed by atoms with E-state index in [1.165, 1.54) is 0 Å². The number of anilines is 2. The molecule has 3 aromatic rings. The van der Waals surface area contributed by atoms with Crippen LogP contribution in [0.25, 0.3) is 0 Å². The van der Waals surface area contributed by atoms with Gasteiger partial charge in [0.05, 0.1) is 18.5 Å². The summed E-state index contributed by atoms with van der Waals surface area (Å²) in [5, 5.41) is 24.7. The number of nitrogens with zero attached hydrogens (tertiary/aromatic N) is 1. The fourth-order valence-corrected chi connectivity index (χ4v) is 8.00. The van der Waals surface area contributed by atoms with Crippen LogP contribution >= 0.6 is 23.5 Å². The molecule has 0 radical (unpaired) electrons. The summed E-state index contributed by atoms with van der Waals surface area (Å²) in [4.78, 5) is 57.4. The number of nitrogens with one attached hydrogen (secondary N) is 1. The summed E-state index contributed by atoms with van der Waals surface area (Å²) in [7, 11) is 0. The van der Waals surface area contributed by atoms with E-state index in [4.69, 9.17) is 0 Å². The summed E-state index contributed by atoms with van der Waals surface area (Å²) in [6.45, 7) is 23.8. The average Bonchev–Trinajstić information content (AvgIpc) is 3.05. The Bertz CT molecular complexity index is 1870. The number of rotatable bonds is 9. The second-order valence-electron chi connectivity index (χ2n) is 18.5. The maximum atomic E-state index is 14.0. The number of phenols is 2. The molecule has 0 unspecified atom stereocenters. The molecule has 0 fully saturated rings. The Morgan fingerprint density at radius 2 is 1.00 bits per heavy atom. The van der Waals surface area contributed by atoms with E-state index in [0.717, 1.165) is 52.6 Å². The Kier molecular flexibility index (Phi) is 13.5. The van der Waals surface area contributed by atoms with E-state index in [-0.39, 0.29) is 17.2 Å². The lowest BCUT2D eigenvalue weighted by Crippen LogP contribution is -2.38. The smallest absolute Gasteiger partial charge is 0.242 e. The van der Waals surface area contributed by atoms with Crippen LogP contribution in [-0.4, -0.2) is 32.3 Å². The van der Waals surface area contributed by atoms with Gasteiger partial charge in [0.15, 0.2) is 0 Å². The number of hydrogen-bond acceptors (Lipinski definition) is 9. The maximum Gasteiger partial charge on any atom is 0.242 e. The third-order valence-electron chi connectivity index (χ3n) is 9.40. The first kappa shape index (κ1) is 44.4. The van der Waals surface area contributed by atoms with Gasteiger partial charge in [0.25, 0.3) is 0 Å². The Hall–Kier alpha value is -4.28. The molecule has 56 heavy (non-hydrogen) atoms. The first-order chi connectivity index (χ1) is 25.8.